The number of aliphatic carboxylic acids is 1. The number of phenols is 4. The number of rotatable bonds is 4. The van der Waals surface area contributed by atoms with Crippen molar-refractivity contribution >= 4 is 18.1 Å². The Labute approximate surface area is 174 Å². The number of benzene rings is 2. The number of phenolic OH excluding ortho intramolecular Hbond substituents is 4. The molecule has 0 bridgehead atoms. The lowest BCUT2D eigenvalue weighted by Crippen LogP contribution is -2.21. The van der Waals surface area contributed by atoms with Gasteiger partial charge in [-0.3, -0.25) is 4.79 Å². The van der Waals surface area contributed by atoms with Crippen LogP contribution in [-0.4, -0.2) is 31.5 Å². The molecule has 0 unspecified atom stereocenters. The van der Waals surface area contributed by atoms with Crippen molar-refractivity contribution in [2.75, 3.05) is 0 Å². The highest BCUT2D eigenvalue weighted by Gasteiger charge is 2.32. The summed E-state index contributed by atoms with van der Waals surface area (Å²) in [6, 6.07) is 7.87. The molecule has 1 aliphatic rings. The van der Waals surface area contributed by atoms with E-state index in [4.69, 9.17) is 9.15 Å². The fourth-order valence-corrected chi connectivity index (χ4v) is 3.33. The van der Waals surface area contributed by atoms with Crippen LogP contribution in [0.5, 0.6) is 28.7 Å². The van der Waals surface area contributed by atoms with Crippen molar-refractivity contribution in [1.29, 1.82) is 0 Å². The van der Waals surface area contributed by atoms with Gasteiger partial charge in [-0.25, -0.2) is 4.79 Å². The van der Waals surface area contributed by atoms with E-state index in [1.54, 1.807) is 0 Å². The number of carboxylic acid groups (broad SMARTS) is 1. The van der Waals surface area contributed by atoms with Gasteiger partial charge < -0.3 is 34.7 Å². The van der Waals surface area contributed by atoms with E-state index >= 15 is 0 Å². The minimum atomic E-state index is -1.15. The monoisotopic (exact) mass is 424 g/mol. The Hall–Kier alpha value is -4.40. The molecule has 0 spiro atoms. The molecule has 3 aromatic rings. The van der Waals surface area contributed by atoms with E-state index < -0.39 is 35.6 Å². The van der Waals surface area contributed by atoms with E-state index in [9.17, 15) is 35.1 Å². The highest BCUT2D eigenvalue weighted by molar-refractivity contribution is 5.80. The Bertz CT molecular complexity index is 1290. The molecule has 2 heterocycles. The van der Waals surface area contributed by atoms with Crippen molar-refractivity contribution in [3.05, 3.63) is 63.7 Å². The second-order valence-corrected chi connectivity index (χ2v) is 6.89. The van der Waals surface area contributed by atoms with Gasteiger partial charge in [-0.15, -0.1) is 0 Å². The molecule has 0 radical (unpaired) electrons. The second-order valence-electron chi connectivity index (χ2n) is 6.89. The van der Waals surface area contributed by atoms with Crippen LogP contribution >= 0.6 is 0 Å². The van der Waals surface area contributed by atoms with E-state index in [-0.39, 0.29) is 39.7 Å². The average Bonchev–Trinajstić information content (AvgIpc) is 2.69. The summed E-state index contributed by atoms with van der Waals surface area (Å²) in [5.74, 6) is -2.53. The molecule has 1 aromatic heterocycles. The van der Waals surface area contributed by atoms with E-state index in [1.807, 2.05) is 0 Å². The summed E-state index contributed by atoms with van der Waals surface area (Å²) in [5.41, 5.74) is 0.166. The van der Waals surface area contributed by atoms with Crippen molar-refractivity contribution in [1.82, 2.24) is 0 Å². The second kappa shape index (κ2) is 7.45. The van der Waals surface area contributed by atoms with E-state index in [0.29, 0.717) is 5.56 Å². The minimum Gasteiger partial charge on any atom is -0.504 e. The van der Waals surface area contributed by atoms with Crippen molar-refractivity contribution in [2.45, 2.75) is 12.5 Å². The third kappa shape index (κ3) is 3.76. The molecule has 1 aliphatic heterocycles. The summed E-state index contributed by atoms with van der Waals surface area (Å²) in [7, 11) is 0. The summed E-state index contributed by atoms with van der Waals surface area (Å²) < 4.78 is 11.0. The Morgan fingerprint density at radius 2 is 1.65 bits per heavy atom. The molecule has 2 aromatic carbocycles. The summed E-state index contributed by atoms with van der Waals surface area (Å²) in [5, 5.41) is 47.8. The van der Waals surface area contributed by atoms with E-state index in [2.05, 4.69) is 0 Å². The molecule has 0 aliphatic carbocycles. The number of carbonyl (C=O) groups is 1. The lowest BCUT2D eigenvalue weighted by atomic mass is 9.91. The van der Waals surface area contributed by atoms with Crippen LogP contribution in [-0.2, 0) is 4.79 Å². The summed E-state index contributed by atoms with van der Waals surface area (Å²) in [4.78, 5) is 23.9. The molecule has 9 heteroatoms. The molecule has 5 N–H and O–H groups in total. The van der Waals surface area contributed by atoms with Crippen LogP contribution in [0.25, 0.3) is 23.3 Å². The fourth-order valence-electron chi connectivity index (χ4n) is 3.33. The largest absolute Gasteiger partial charge is 0.504 e. The van der Waals surface area contributed by atoms with Crippen molar-refractivity contribution in [3.63, 3.8) is 0 Å². The number of carboxylic acids is 1. The number of hydrogen-bond donors (Lipinski definition) is 5. The number of aromatic hydroxyl groups is 4. The normalized spacial score (nSPS) is 14.6. The highest BCUT2D eigenvalue weighted by Crippen LogP contribution is 2.46. The topological polar surface area (TPSA) is 158 Å². The molecule has 9 nitrogen and oxygen atoms in total. The quantitative estimate of drug-likeness (QED) is 0.397. The number of ether oxygens (including phenoxy) is 1. The van der Waals surface area contributed by atoms with Crippen LogP contribution in [0.3, 0.4) is 0 Å². The SMILES string of the molecule is O=C(O)C[C@H]1Oc2cc(C=Cc3ccc(O)c(O)c3)oc(=O)c2-c2cc(O)c(O)cc21. The molecule has 158 valence electrons. The zero-order chi connectivity index (χ0) is 22.3. The summed E-state index contributed by atoms with van der Waals surface area (Å²) >= 11 is 0. The van der Waals surface area contributed by atoms with Gasteiger partial charge in [0, 0.05) is 17.2 Å². The molecular weight excluding hydrogens is 408 g/mol. The molecular formula is C22H16O9. The van der Waals surface area contributed by atoms with Gasteiger partial charge in [-0.2, -0.15) is 0 Å². The van der Waals surface area contributed by atoms with E-state index in [0.717, 1.165) is 12.1 Å². The Morgan fingerprint density at radius 3 is 2.35 bits per heavy atom. The van der Waals surface area contributed by atoms with Crippen LogP contribution < -0.4 is 10.4 Å². The Kier molecular flexibility index (Phi) is 4.78. The molecule has 4 rings (SSSR count). The number of hydrogen-bond acceptors (Lipinski definition) is 8. The lowest BCUT2D eigenvalue weighted by Gasteiger charge is -2.27. The van der Waals surface area contributed by atoms with Crippen LogP contribution in [0.4, 0.5) is 0 Å². The van der Waals surface area contributed by atoms with Gasteiger partial charge in [0.2, 0.25) is 0 Å². The van der Waals surface area contributed by atoms with Gasteiger partial charge in [-0.1, -0.05) is 12.1 Å². The van der Waals surface area contributed by atoms with E-state index in [1.165, 1.54) is 36.4 Å². The first-order valence-electron chi connectivity index (χ1n) is 9.06. The summed E-state index contributed by atoms with van der Waals surface area (Å²) in [6.45, 7) is 0. The van der Waals surface area contributed by atoms with Crippen LogP contribution in [0.15, 0.2) is 45.6 Å². The predicted molar refractivity (Wildman–Crippen MR) is 108 cm³/mol. The van der Waals surface area contributed by atoms with Gasteiger partial charge in [0.05, 0.1) is 6.42 Å². The highest BCUT2D eigenvalue weighted by atomic mass is 16.5. The van der Waals surface area contributed by atoms with Gasteiger partial charge >= 0.3 is 11.6 Å². The predicted octanol–water partition coefficient (Wildman–Crippen LogP) is 3.21. The first-order chi connectivity index (χ1) is 14.7. The molecule has 0 saturated carbocycles. The van der Waals surface area contributed by atoms with Crippen molar-refractivity contribution < 1.29 is 39.5 Å². The zero-order valence-corrected chi connectivity index (χ0v) is 15.8. The molecule has 1 atom stereocenters. The average molecular weight is 424 g/mol. The van der Waals surface area contributed by atoms with Crippen LogP contribution in [0.2, 0.25) is 0 Å². The maximum absolute atomic E-state index is 12.7. The van der Waals surface area contributed by atoms with Crippen molar-refractivity contribution in [3.8, 4) is 39.9 Å². The standard InChI is InChI=1S/C22H16O9/c23-14-4-2-10(5-15(14)24)1-3-11-6-19-21(22(29)30-11)13-8-17(26)16(25)7-12(13)18(31-19)9-20(27)28/h1-8,18,23-26H,9H2,(H,27,28)/t18-/m1/s1. The maximum Gasteiger partial charge on any atom is 0.347 e. The fraction of sp³-hybridized carbons (Fsp3) is 0.0909. The Balaban J connectivity index is 1.79. The third-order valence-electron chi connectivity index (χ3n) is 4.77. The zero-order valence-electron chi connectivity index (χ0n) is 15.8. The molecule has 0 fully saturated rings. The molecule has 0 amide bonds. The third-order valence-corrected chi connectivity index (χ3v) is 4.77. The van der Waals surface area contributed by atoms with Gasteiger partial charge in [-0.05, 0) is 35.9 Å². The maximum atomic E-state index is 12.7. The minimum absolute atomic E-state index is 0.00799. The van der Waals surface area contributed by atoms with Gasteiger partial charge in [0.15, 0.2) is 23.0 Å². The number of fused-ring (bicyclic) bond motifs is 3. The molecule has 0 saturated heterocycles. The van der Waals surface area contributed by atoms with Crippen LogP contribution in [0.1, 0.15) is 29.4 Å². The smallest absolute Gasteiger partial charge is 0.347 e. The first-order valence-corrected chi connectivity index (χ1v) is 9.06. The van der Waals surface area contributed by atoms with Gasteiger partial charge in [0.25, 0.3) is 0 Å². The summed E-state index contributed by atoms with van der Waals surface area (Å²) in [6.07, 6.45) is 1.53. The first kappa shape index (κ1) is 19.9. The lowest BCUT2D eigenvalue weighted by molar-refractivity contribution is -0.138. The van der Waals surface area contributed by atoms with Gasteiger partial charge in [0.1, 0.15) is 23.2 Å². The molecule has 31 heavy (non-hydrogen) atoms. The Morgan fingerprint density at radius 1 is 0.935 bits per heavy atom. The van der Waals surface area contributed by atoms with Crippen LogP contribution in [0, 0.1) is 0 Å². The van der Waals surface area contributed by atoms with Crippen molar-refractivity contribution in [2.24, 2.45) is 0 Å².